The van der Waals surface area contributed by atoms with Crippen LogP contribution in [-0.4, -0.2) is 22.4 Å². The second-order valence-electron chi connectivity index (χ2n) is 5.57. The van der Waals surface area contributed by atoms with E-state index in [0.29, 0.717) is 17.1 Å². The number of fused-ring (bicyclic) bond motifs is 1. The fraction of sp³-hybridized carbons (Fsp3) is 0.188. The molecule has 7 heteroatoms. The van der Waals surface area contributed by atoms with Gasteiger partial charge in [-0.3, -0.25) is 9.59 Å². The normalized spacial score (nSPS) is 15.2. The Morgan fingerprint density at radius 1 is 1.35 bits per heavy atom. The van der Waals surface area contributed by atoms with E-state index in [0.717, 1.165) is 0 Å². The number of carbonyl (C=O) groups is 2. The van der Waals surface area contributed by atoms with Gasteiger partial charge in [-0.2, -0.15) is 4.39 Å². The standard InChI is InChI=1S/C16H14FN3O3/c1-16(2)15(22)20-11-8-9(5-6-12(11)23-16)19-14(21)10-4-3-7-18-13(10)17/h3-8H,1-2H3,(H,19,21)(H,20,22). The molecule has 6 nitrogen and oxygen atoms in total. The van der Waals surface area contributed by atoms with Crippen LogP contribution in [0.15, 0.2) is 36.5 Å². The Bertz CT molecular complexity index is 805. The summed E-state index contributed by atoms with van der Waals surface area (Å²) in [6.07, 6.45) is 1.26. The summed E-state index contributed by atoms with van der Waals surface area (Å²) in [5, 5.41) is 5.27. The van der Waals surface area contributed by atoms with Crippen molar-refractivity contribution in [2.75, 3.05) is 10.6 Å². The lowest BCUT2D eigenvalue weighted by Gasteiger charge is -2.31. The van der Waals surface area contributed by atoms with Crippen LogP contribution in [-0.2, 0) is 4.79 Å². The number of amides is 2. The molecular weight excluding hydrogens is 301 g/mol. The number of benzene rings is 1. The molecule has 1 aliphatic heterocycles. The predicted molar refractivity (Wildman–Crippen MR) is 81.9 cm³/mol. The third-order valence-electron chi connectivity index (χ3n) is 3.40. The Morgan fingerprint density at radius 3 is 2.87 bits per heavy atom. The van der Waals surface area contributed by atoms with E-state index >= 15 is 0 Å². The van der Waals surface area contributed by atoms with E-state index in [2.05, 4.69) is 15.6 Å². The monoisotopic (exact) mass is 315 g/mol. The lowest BCUT2D eigenvalue weighted by Crippen LogP contribution is -2.45. The lowest BCUT2D eigenvalue weighted by atomic mass is 10.1. The van der Waals surface area contributed by atoms with Crippen molar-refractivity contribution in [1.29, 1.82) is 0 Å². The molecule has 1 aromatic heterocycles. The van der Waals surface area contributed by atoms with Gasteiger partial charge in [-0.1, -0.05) is 0 Å². The van der Waals surface area contributed by atoms with Gasteiger partial charge in [0.1, 0.15) is 5.75 Å². The minimum absolute atomic E-state index is 0.161. The summed E-state index contributed by atoms with van der Waals surface area (Å²) in [7, 11) is 0. The topological polar surface area (TPSA) is 80.3 Å². The number of nitrogens with zero attached hydrogens (tertiary/aromatic N) is 1. The smallest absolute Gasteiger partial charge is 0.268 e. The molecule has 0 spiro atoms. The van der Waals surface area contributed by atoms with Gasteiger partial charge < -0.3 is 15.4 Å². The maximum absolute atomic E-state index is 13.5. The number of aromatic nitrogens is 1. The molecule has 0 saturated carbocycles. The first kappa shape index (κ1) is 15.0. The fourth-order valence-corrected chi connectivity index (χ4v) is 2.14. The zero-order valence-electron chi connectivity index (χ0n) is 12.5. The van der Waals surface area contributed by atoms with Gasteiger partial charge in [0.05, 0.1) is 11.3 Å². The number of ether oxygens (including phenoxy) is 1. The molecule has 2 amide bonds. The Balaban J connectivity index is 1.84. The molecular formula is C16H14FN3O3. The van der Waals surface area contributed by atoms with Crippen molar-refractivity contribution >= 4 is 23.2 Å². The summed E-state index contributed by atoms with van der Waals surface area (Å²) in [4.78, 5) is 27.4. The highest BCUT2D eigenvalue weighted by atomic mass is 19.1. The molecule has 0 aliphatic carbocycles. The minimum Gasteiger partial charge on any atom is -0.476 e. The third-order valence-corrected chi connectivity index (χ3v) is 3.40. The van der Waals surface area contributed by atoms with Crippen LogP contribution in [0.1, 0.15) is 24.2 Å². The molecule has 2 aromatic rings. The van der Waals surface area contributed by atoms with Gasteiger partial charge in [0.25, 0.3) is 11.8 Å². The van der Waals surface area contributed by atoms with Crippen molar-refractivity contribution in [3.8, 4) is 5.75 Å². The van der Waals surface area contributed by atoms with Gasteiger partial charge in [0.2, 0.25) is 5.95 Å². The second kappa shape index (κ2) is 5.35. The lowest BCUT2D eigenvalue weighted by molar-refractivity contribution is -0.129. The van der Waals surface area contributed by atoms with Crippen LogP contribution in [0.2, 0.25) is 0 Å². The summed E-state index contributed by atoms with van der Waals surface area (Å²) in [5.74, 6) is -1.26. The van der Waals surface area contributed by atoms with E-state index in [4.69, 9.17) is 4.74 Å². The molecule has 0 atom stereocenters. The molecule has 0 unspecified atom stereocenters. The van der Waals surface area contributed by atoms with Crippen molar-refractivity contribution in [3.63, 3.8) is 0 Å². The van der Waals surface area contributed by atoms with Crippen molar-refractivity contribution in [1.82, 2.24) is 4.98 Å². The Kier molecular flexibility index (Phi) is 3.48. The summed E-state index contributed by atoms with van der Waals surface area (Å²) in [6.45, 7) is 3.32. The summed E-state index contributed by atoms with van der Waals surface area (Å²) < 4.78 is 19.1. The Hall–Kier alpha value is -2.96. The molecule has 0 bridgehead atoms. The average molecular weight is 315 g/mol. The van der Waals surface area contributed by atoms with Crippen LogP contribution < -0.4 is 15.4 Å². The van der Waals surface area contributed by atoms with E-state index in [1.54, 1.807) is 32.0 Å². The first-order valence-corrected chi connectivity index (χ1v) is 6.93. The molecule has 0 radical (unpaired) electrons. The predicted octanol–water partition coefficient (Wildman–Crippen LogP) is 2.58. The summed E-state index contributed by atoms with van der Waals surface area (Å²) >= 11 is 0. The van der Waals surface area contributed by atoms with Crippen molar-refractivity contribution in [3.05, 3.63) is 48.0 Å². The highest BCUT2D eigenvalue weighted by Gasteiger charge is 2.35. The second-order valence-corrected chi connectivity index (χ2v) is 5.57. The molecule has 1 aromatic carbocycles. The molecule has 2 heterocycles. The SMILES string of the molecule is CC1(C)Oc2ccc(NC(=O)c3cccnc3F)cc2NC1=O. The average Bonchev–Trinajstić information content (AvgIpc) is 2.49. The van der Waals surface area contributed by atoms with Crippen LogP contribution in [0.3, 0.4) is 0 Å². The number of anilines is 2. The highest BCUT2D eigenvalue weighted by molar-refractivity contribution is 6.05. The first-order chi connectivity index (χ1) is 10.9. The number of rotatable bonds is 2. The molecule has 23 heavy (non-hydrogen) atoms. The van der Waals surface area contributed by atoms with Crippen LogP contribution in [0.25, 0.3) is 0 Å². The zero-order chi connectivity index (χ0) is 16.6. The number of halogens is 1. The maximum Gasteiger partial charge on any atom is 0.268 e. The van der Waals surface area contributed by atoms with Crippen LogP contribution in [0.4, 0.5) is 15.8 Å². The van der Waals surface area contributed by atoms with Crippen molar-refractivity contribution in [2.24, 2.45) is 0 Å². The van der Waals surface area contributed by atoms with Crippen LogP contribution >= 0.6 is 0 Å². The highest BCUT2D eigenvalue weighted by Crippen LogP contribution is 2.35. The molecule has 0 saturated heterocycles. The molecule has 3 rings (SSSR count). The molecule has 1 aliphatic rings. The zero-order valence-corrected chi connectivity index (χ0v) is 12.5. The Labute approximate surface area is 131 Å². The molecule has 0 fully saturated rings. The molecule has 2 N–H and O–H groups in total. The summed E-state index contributed by atoms with van der Waals surface area (Å²) in [6, 6.07) is 7.60. The van der Waals surface area contributed by atoms with Gasteiger partial charge in [-0.25, -0.2) is 4.98 Å². The number of pyridine rings is 1. The van der Waals surface area contributed by atoms with E-state index in [1.165, 1.54) is 18.3 Å². The number of carbonyl (C=O) groups excluding carboxylic acids is 2. The van der Waals surface area contributed by atoms with Gasteiger partial charge in [0, 0.05) is 11.9 Å². The van der Waals surface area contributed by atoms with Gasteiger partial charge in [-0.15, -0.1) is 0 Å². The van der Waals surface area contributed by atoms with Crippen molar-refractivity contribution < 1.29 is 18.7 Å². The van der Waals surface area contributed by atoms with E-state index in [1.807, 2.05) is 0 Å². The van der Waals surface area contributed by atoms with Gasteiger partial charge in [0.15, 0.2) is 5.60 Å². The van der Waals surface area contributed by atoms with E-state index in [-0.39, 0.29) is 11.5 Å². The first-order valence-electron chi connectivity index (χ1n) is 6.93. The van der Waals surface area contributed by atoms with E-state index < -0.39 is 17.5 Å². The number of hydrogen-bond acceptors (Lipinski definition) is 4. The van der Waals surface area contributed by atoms with E-state index in [9.17, 15) is 14.0 Å². The van der Waals surface area contributed by atoms with Crippen LogP contribution in [0, 0.1) is 5.95 Å². The van der Waals surface area contributed by atoms with Gasteiger partial charge >= 0.3 is 0 Å². The maximum atomic E-state index is 13.5. The number of hydrogen-bond donors (Lipinski definition) is 2. The summed E-state index contributed by atoms with van der Waals surface area (Å²) in [5.41, 5.74) is -0.276. The third kappa shape index (κ3) is 2.85. The van der Waals surface area contributed by atoms with Gasteiger partial charge in [-0.05, 0) is 44.2 Å². The quantitative estimate of drug-likeness (QED) is 0.835. The largest absolute Gasteiger partial charge is 0.476 e. The Morgan fingerprint density at radius 2 is 2.13 bits per heavy atom. The minimum atomic E-state index is -0.962. The van der Waals surface area contributed by atoms with Crippen LogP contribution in [0.5, 0.6) is 5.75 Å². The fourth-order valence-electron chi connectivity index (χ4n) is 2.14. The molecule has 118 valence electrons. The number of nitrogens with one attached hydrogen (secondary N) is 2. The van der Waals surface area contributed by atoms with Crippen molar-refractivity contribution in [2.45, 2.75) is 19.4 Å².